The van der Waals surface area contributed by atoms with Gasteiger partial charge in [0.05, 0.1) is 13.2 Å². The van der Waals surface area contributed by atoms with E-state index in [2.05, 4.69) is 12.2 Å². The molecule has 100 valence electrons. The van der Waals surface area contributed by atoms with Gasteiger partial charge in [-0.2, -0.15) is 0 Å². The van der Waals surface area contributed by atoms with Crippen molar-refractivity contribution in [3.63, 3.8) is 0 Å². The van der Waals surface area contributed by atoms with E-state index in [0.29, 0.717) is 24.4 Å². The third kappa shape index (κ3) is 3.37. The van der Waals surface area contributed by atoms with Crippen LogP contribution in [0.5, 0.6) is 11.5 Å². The Kier molecular flexibility index (Phi) is 4.44. The molecule has 0 bridgehead atoms. The largest absolute Gasteiger partial charge is 0.508 e. The molecule has 0 spiro atoms. The van der Waals surface area contributed by atoms with Crippen molar-refractivity contribution in [3.8, 4) is 11.5 Å². The first kappa shape index (κ1) is 13.2. The molecule has 1 heterocycles. The standard InChI is InChI=1S/C14H21NO3/c1-10-7-12(5-6-18-10)15-9-11-8-13(17-2)3-4-14(11)16/h3-4,8,10,12,15-16H,5-7,9H2,1-2H3. The van der Waals surface area contributed by atoms with E-state index >= 15 is 0 Å². The summed E-state index contributed by atoms with van der Waals surface area (Å²) in [6.07, 6.45) is 2.36. The highest BCUT2D eigenvalue weighted by molar-refractivity contribution is 5.39. The molecule has 1 aliphatic rings. The molecule has 1 aliphatic heterocycles. The molecule has 2 N–H and O–H groups in total. The van der Waals surface area contributed by atoms with Gasteiger partial charge in [-0.1, -0.05) is 0 Å². The van der Waals surface area contributed by atoms with Crippen LogP contribution in [0.25, 0.3) is 0 Å². The molecule has 0 saturated carbocycles. The summed E-state index contributed by atoms with van der Waals surface area (Å²) in [4.78, 5) is 0. The van der Waals surface area contributed by atoms with E-state index in [9.17, 15) is 5.11 Å². The molecule has 2 unspecified atom stereocenters. The number of benzene rings is 1. The first-order valence-corrected chi connectivity index (χ1v) is 6.40. The summed E-state index contributed by atoms with van der Waals surface area (Å²) >= 11 is 0. The Hall–Kier alpha value is -1.26. The minimum absolute atomic E-state index is 0.309. The zero-order chi connectivity index (χ0) is 13.0. The lowest BCUT2D eigenvalue weighted by molar-refractivity contribution is 0.0130. The van der Waals surface area contributed by atoms with E-state index in [4.69, 9.17) is 9.47 Å². The lowest BCUT2D eigenvalue weighted by atomic mass is 10.0. The van der Waals surface area contributed by atoms with Crippen LogP contribution < -0.4 is 10.1 Å². The summed E-state index contributed by atoms with van der Waals surface area (Å²) in [7, 11) is 1.63. The van der Waals surface area contributed by atoms with Crippen molar-refractivity contribution < 1.29 is 14.6 Å². The highest BCUT2D eigenvalue weighted by atomic mass is 16.5. The predicted octanol–water partition coefficient (Wildman–Crippen LogP) is 2.06. The van der Waals surface area contributed by atoms with E-state index in [1.807, 2.05) is 6.07 Å². The highest BCUT2D eigenvalue weighted by Crippen LogP contribution is 2.23. The van der Waals surface area contributed by atoms with Gasteiger partial charge in [-0.15, -0.1) is 0 Å². The summed E-state index contributed by atoms with van der Waals surface area (Å²) in [6, 6.07) is 5.75. The Balaban J connectivity index is 1.92. The second kappa shape index (κ2) is 6.07. The fraction of sp³-hybridized carbons (Fsp3) is 0.571. The smallest absolute Gasteiger partial charge is 0.120 e. The Morgan fingerprint density at radius 2 is 2.33 bits per heavy atom. The van der Waals surface area contributed by atoms with Gasteiger partial charge in [0.2, 0.25) is 0 Å². The van der Waals surface area contributed by atoms with Crippen LogP contribution in [-0.4, -0.2) is 31.0 Å². The van der Waals surface area contributed by atoms with Crippen molar-refractivity contribution in [3.05, 3.63) is 23.8 Å². The van der Waals surface area contributed by atoms with Gasteiger partial charge in [-0.05, 0) is 38.0 Å². The first-order valence-electron chi connectivity index (χ1n) is 6.40. The van der Waals surface area contributed by atoms with Gasteiger partial charge in [0.15, 0.2) is 0 Å². The third-order valence-corrected chi connectivity index (χ3v) is 3.35. The molecule has 4 heteroatoms. The molecule has 1 saturated heterocycles. The average molecular weight is 251 g/mol. The number of rotatable bonds is 4. The number of methoxy groups -OCH3 is 1. The van der Waals surface area contributed by atoms with Gasteiger partial charge in [-0.3, -0.25) is 0 Å². The molecular weight excluding hydrogens is 230 g/mol. The van der Waals surface area contributed by atoms with Crippen LogP contribution >= 0.6 is 0 Å². The molecule has 0 aliphatic carbocycles. The predicted molar refractivity (Wildman–Crippen MR) is 69.9 cm³/mol. The molecule has 1 aromatic rings. The third-order valence-electron chi connectivity index (χ3n) is 3.35. The van der Waals surface area contributed by atoms with Crippen molar-refractivity contribution in [1.29, 1.82) is 0 Å². The molecule has 0 amide bonds. The van der Waals surface area contributed by atoms with Crippen LogP contribution in [0.2, 0.25) is 0 Å². The number of ether oxygens (including phenoxy) is 2. The molecule has 18 heavy (non-hydrogen) atoms. The maximum Gasteiger partial charge on any atom is 0.120 e. The van der Waals surface area contributed by atoms with Crippen LogP contribution in [0.15, 0.2) is 18.2 Å². The van der Waals surface area contributed by atoms with Crippen LogP contribution in [-0.2, 0) is 11.3 Å². The van der Waals surface area contributed by atoms with Crippen molar-refractivity contribution >= 4 is 0 Å². The van der Waals surface area contributed by atoms with E-state index in [-0.39, 0.29) is 0 Å². The van der Waals surface area contributed by atoms with Gasteiger partial charge in [0.1, 0.15) is 11.5 Å². The van der Waals surface area contributed by atoms with Gasteiger partial charge in [0, 0.05) is 24.8 Å². The maximum absolute atomic E-state index is 9.79. The summed E-state index contributed by atoms with van der Waals surface area (Å²) in [6.45, 7) is 3.56. The molecule has 0 aromatic heterocycles. The second-order valence-corrected chi connectivity index (χ2v) is 4.78. The number of phenols is 1. The van der Waals surface area contributed by atoms with Crippen LogP contribution in [0, 0.1) is 0 Å². The summed E-state index contributed by atoms with van der Waals surface area (Å²) in [5.41, 5.74) is 0.869. The van der Waals surface area contributed by atoms with Gasteiger partial charge in [-0.25, -0.2) is 0 Å². The second-order valence-electron chi connectivity index (χ2n) is 4.78. The van der Waals surface area contributed by atoms with Crippen LogP contribution in [0.1, 0.15) is 25.3 Å². The summed E-state index contributed by atoms with van der Waals surface area (Å²) in [5, 5.41) is 13.3. The quantitative estimate of drug-likeness (QED) is 0.860. The van der Waals surface area contributed by atoms with Crippen molar-refractivity contribution in [1.82, 2.24) is 5.32 Å². The number of hydrogen-bond acceptors (Lipinski definition) is 4. The normalized spacial score (nSPS) is 23.9. The maximum atomic E-state index is 9.79. The minimum atomic E-state index is 0.309. The Morgan fingerprint density at radius 1 is 1.50 bits per heavy atom. The summed E-state index contributed by atoms with van der Waals surface area (Å²) < 4.78 is 10.7. The molecular formula is C14H21NO3. The Morgan fingerprint density at radius 3 is 3.06 bits per heavy atom. The van der Waals surface area contributed by atoms with Gasteiger partial charge >= 0.3 is 0 Å². The monoisotopic (exact) mass is 251 g/mol. The van der Waals surface area contributed by atoms with Crippen molar-refractivity contribution in [2.45, 2.75) is 38.5 Å². The fourth-order valence-electron chi connectivity index (χ4n) is 2.27. The van der Waals surface area contributed by atoms with Crippen LogP contribution in [0.4, 0.5) is 0 Å². The number of hydrogen-bond donors (Lipinski definition) is 2. The van der Waals surface area contributed by atoms with Gasteiger partial charge in [0.25, 0.3) is 0 Å². The zero-order valence-electron chi connectivity index (χ0n) is 11.0. The number of aromatic hydroxyl groups is 1. The van der Waals surface area contributed by atoms with Gasteiger partial charge < -0.3 is 19.9 Å². The minimum Gasteiger partial charge on any atom is -0.508 e. The molecule has 1 aromatic carbocycles. The molecule has 4 nitrogen and oxygen atoms in total. The number of nitrogens with one attached hydrogen (secondary N) is 1. The molecule has 2 rings (SSSR count). The summed E-state index contributed by atoms with van der Waals surface area (Å²) in [5.74, 6) is 1.08. The molecule has 2 atom stereocenters. The van der Waals surface area contributed by atoms with Crippen molar-refractivity contribution in [2.75, 3.05) is 13.7 Å². The molecule has 1 fully saturated rings. The first-order chi connectivity index (χ1) is 8.69. The Bertz CT molecular complexity index is 395. The van der Waals surface area contributed by atoms with Crippen molar-refractivity contribution in [2.24, 2.45) is 0 Å². The van der Waals surface area contributed by atoms with Crippen LogP contribution in [0.3, 0.4) is 0 Å². The highest BCUT2D eigenvalue weighted by Gasteiger charge is 2.18. The Labute approximate surface area is 108 Å². The number of phenolic OH excluding ortho intramolecular Hbond substituents is 1. The van der Waals surface area contributed by atoms with E-state index in [0.717, 1.165) is 30.8 Å². The molecule has 0 radical (unpaired) electrons. The van der Waals surface area contributed by atoms with E-state index in [1.165, 1.54) is 0 Å². The topological polar surface area (TPSA) is 50.7 Å². The SMILES string of the molecule is COc1ccc(O)c(CNC2CCOC(C)C2)c1. The lowest BCUT2D eigenvalue weighted by Gasteiger charge is -2.28. The lowest BCUT2D eigenvalue weighted by Crippen LogP contribution is -2.37. The van der Waals surface area contributed by atoms with E-state index < -0.39 is 0 Å². The average Bonchev–Trinajstić information content (AvgIpc) is 2.38. The fourth-order valence-corrected chi connectivity index (χ4v) is 2.27. The van der Waals surface area contributed by atoms with E-state index in [1.54, 1.807) is 19.2 Å². The zero-order valence-corrected chi connectivity index (χ0v) is 11.0.